The molecule has 1 aliphatic heterocycles. The molecule has 1 amide bonds. The van der Waals surface area contributed by atoms with Crippen molar-refractivity contribution in [1.82, 2.24) is 9.88 Å². The fourth-order valence-electron chi connectivity index (χ4n) is 4.17. The minimum Gasteiger partial charge on any atom is -0.497 e. The normalized spacial score (nSPS) is 23.1. The number of hydrogen-bond donors (Lipinski definition) is 0. The Balaban J connectivity index is 1.46. The van der Waals surface area contributed by atoms with Crippen molar-refractivity contribution in [3.63, 3.8) is 0 Å². The smallest absolute Gasteiger partial charge is 0.225 e. The van der Waals surface area contributed by atoms with E-state index in [1.54, 1.807) is 7.11 Å². The number of hydrogen-bond acceptors (Lipinski definition) is 4. The van der Waals surface area contributed by atoms with E-state index >= 15 is 0 Å². The highest BCUT2D eigenvalue weighted by atomic mass is 16.5. The molecule has 1 atom stereocenters. The number of methoxy groups -OCH3 is 1. The van der Waals surface area contributed by atoms with Crippen LogP contribution in [0, 0.1) is 5.92 Å². The topological polar surface area (TPSA) is 55.6 Å². The maximum absolute atomic E-state index is 12.7. The van der Waals surface area contributed by atoms with Crippen LogP contribution < -0.4 is 4.74 Å². The van der Waals surface area contributed by atoms with E-state index in [1.165, 1.54) is 6.42 Å². The summed E-state index contributed by atoms with van der Waals surface area (Å²) in [5, 5.41) is 0. The first-order valence-electron chi connectivity index (χ1n) is 9.94. The molecule has 0 bridgehead atoms. The Morgan fingerprint density at radius 3 is 2.96 bits per heavy atom. The van der Waals surface area contributed by atoms with Gasteiger partial charge in [0.25, 0.3) is 0 Å². The van der Waals surface area contributed by atoms with E-state index in [2.05, 4.69) is 18.0 Å². The van der Waals surface area contributed by atoms with E-state index in [4.69, 9.17) is 9.15 Å². The second kappa shape index (κ2) is 7.37. The molecule has 1 aromatic carbocycles. The zero-order valence-corrected chi connectivity index (χ0v) is 16.2. The van der Waals surface area contributed by atoms with Crippen LogP contribution >= 0.6 is 0 Å². The lowest BCUT2D eigenvalue weighted by Crippen LogP contribution is -2.50. The minimum absolute atomic E-state index is 0.204. The zero-order valence-electron chi connectivity index (χ0n) is 16.2. The molecule has 2 aliphatic rings. The average molecular weight is 368 g/mol. The van der Waals surface area contributed by atoms with Crippen molar-refractivity contribution in [3.05, 3.63) is 47.7 Å². The Bertz CT molecular complexity index is 811. The van der Waals surface area contributed by atoms with Gasteiger partial charge in [-0.05, 0) is 50.3 Å². The molecule has 2 heterocycles. The van der Waals surface area contributed by atoms with Crippen LogP contribution in [0.2, 0.25) is 0 Å². The van der Waals surface area contributed by atoms with Crippen LogP contribution in [-0.4, -0.2) is 36.0 Å². The van der Waals surface area contributed by atoms with Gasteiger partial charge >= 0.3 is 0 Å². The number of carbonyl (C=O) groups excluding carboxylic acids is 1. The highest BCUT2D eigenvalue weighted by Crippen LogP contribution is 2.36. The van der Waals surface area contributed by atoms with Crippen molar-refractivity contribution in [2.24, 2.45) is 5.92 Å². The number of aromatic nitrogens is 1. The molecule has 0 N–H and O–H groups in total. The SMILES string of the molecule is COc1cccc(Cc2cnc([C@]3(C)CCCN(C(=O)C4CCC4)C3)o2)c1. The molecule has 1 aliphatic carbocycles. The van der Waals surface area contributed by atoms with Crippen LogP contribution in [0.15, 0.2) is 34.9 Å². The number of piperidine rings is 1. The third-order valence-electron chi connectivity index (χ3n) is 6.04. The van der Waals surface area contributed by atoms with Crippen molar-refractivity contribution in [1.29, 1.82) is 0 Å². The van der Waals surface area contributed by atoms with E-state index in [0.29, 0.717) is 18.9 Å². The summed E-state index contributed by atoms with van der Waals surface area (Å²) in [6.07, 6.45) is 7.81. The molecule has 0 unspecified atom stereocenters. The Labute approximate surface area is 160 Å². The van der Waals surface area contributed by atoms with Crippen molar-refractivity contribution in [3.8, 4) is 5.75 Å². The van der Waals surface area contributed by atoms with Crippen LogP contribution in [0.5, 0.6) is 5.75 Å². The molecule has 5 heteroatoms. The summed E-state index contributed by atoms with van der Waals surface area (Å²) in [5.41, 5.74) is 0.928. The van der Waals surface area contributed by atoms with Gasteiger partial charge in [0.15, 0.2) is 0 Å². The van der Waals surface area contributed by atoms with E-state index in [1.807, 2.05) is 29.3 Å². The fraction of sp³-hybridized carbons (Fsp3) is 0.545. The molecule has 144 valence electrons. The maximum Gasteiger partial charge on any atom is 0.225 e. The van der Waals surface area contributed by atoms with Crippen LogP contribution in [0.25, 0.3) is 0 Å². The molecule has 1 aromatic heterocycles. The second-order valence-electron chi connectivity index (χ2n) is 8.21. The Morgan fingerprint density at radius 1 is 1.37 bits per heavy atom. The number of carbonyl (C=O) groups is 1. The Kier molecular flexibility index (Phi) is 4.94. The number of nitrogens with zero attached hydrogens (tertiary/aromatic N) is 2. The van der Waals surface area contributed by atoms with E-state index in [-0.39, 0.29) is 11.3 Å². The molecule has 0 radical (unpaired) electrons. The van der Waals surface area contributed by atoms with Gasteiger partial charge in [-0.2, -0.15) is 0 Å². The quantitative estimate of drug-likeness (QED) is 0.802. The number of benzene rings is 1. The average Bonchev–Trinajstić information content (AvgIpc) is 3.10. The summed E-state index contributed by atoms with van der Waals surface area (Å²) in [4.78, 5) is 19.3. The van der Waals surface area contributed by atoms with Gasteiger partial charge in [0.05, 0.1) is 18.7 Å². The van der Waals surface area contributed by atoms with Gasteiger partial charge in [0, 0.05) is 25.4 Å². The third-order valence-corrected chi connectivity index (χ3v) is 6.04. The molecule has 5 nitrogen and oxygen atoms in total. The van der Waals surface area contributed by atoms with Crippen molar-refractivity contribution in [2.75, 3.05) is 20.2 Å². The molecule has 0 spiro atoms. The molecule has 1 saturated heterocycles. The third kappa shape index (κ3) is 3.73. The van der Waals surface area contributed by atoms with Gasteiger partial charge in [0.2, 0.25) is 11.8 Å². The van der Waals surface area contributed by atoms with Crippen molar-refractivity contribution < 1.29 is 13.9 Å². The number of likely N-dealkylation sites (tertiary alicyclic amines) is 1. The minimum atomic E-state index is -0.204. The standard InChI is InChI=1S/C22H28N2O3/c1-22(10-5-11-24(15-22)20(25)17-7-4-8-17)21-23-14-19(27-21)13-16-6-3-9-18(12-16)26-2/h3,6,9,12,14,17H,4-5,7-8,10-11,13,15H2,1-2H3/t22-/m1/s1. The maximum atomic E-state index is 12.7. The summed E-state index contributed by atoms with van der Waals surface area (Å²) in [6, 6.07) is 8.00. The van der Waals surface area contributed by atoms with Crippen molar-refractivity contribution in [2.45, 2.75) is 50.9 Å². The van der Waals surface area contributed by atoms with E-state index in [9.17, 15) is 4.79 Å². The van der Waals surface area contributed by atoms with Gasteiger partial charge in [-0.1, -0.05) is 18.6 Å². The highest BCUT2D eigenvalue weighted by Gasteiger charge is 2.40. The summed E-state index contributed by atoms with van der Waals surface area (Å²) in [7, 11) is 1.67. The van der Waals surface area contributed by atoms with Crippen molar-refractivity contribution >= 4 is 5.91 Å². The van der Waals surface area contributed by atoms with Gasteiger partial charge in [-0.25, -0.2) is 4.98 Å². The molecule has 4 rings (SSSR count). The number of oxazole rings is 1. The lowest BCUT2D eigenvalue weighted by molar-refractivity contribution is -0.140. The molecule has 2 fully saturated rings. The molecular weight excluding hydrogens is 340 g/mol. The molecular formula is C22H28N2O3. The first kappa shape index (κ1) is 18.1. The summed E-state index contributed by atoms with van der Waals surface area (Å²) >= 11 is 0. The number of rotatable bonds is 5. The summed E-state index contributed by atoms with van der Waals surface area (Å²) < 4.78 is 11.4. The molecule has 27 heavy (non-hydrogen) atoms. The first-order chi connectivity index (χ1) is 13.1. The van der Waals surface area contributed by atoms with Gasteiger partial charge in [-0.15, -0.1) is 0 Å². The van der Waals surface area contributed by atoms with Gasteiger partial charge in [-0.3, -0.25) is 4.79 Å². The summed E-state index contributed by atoms with van der Waals surface area (Å²) in [6.45, 7) is 3.75. The number of ether oxygens (including phenoxy) is 1. The van der Waals surface area contributed by atoms with E-state index < -0.39 is 0 Å². The highest BCUT2D eigenvalue weighted by molar-refractivity contribution is 5.79. The molecule has 1 saturated carbocycles. The monoisotopic (exact) mass is 368 g/mol. The Morgan fingerprint density at radius 2 is 2.22 bits per heavy atom. The first-order valence-corrected chi connectivity index (χ1v) is 9.94. The van der Waals surface area contributed by atoms with E-state index in [0.717, 1.165) is 55.2 Å². The lowest BCUT2D eigenvalue weighted by Gasteiger charge is -2.41. The number of amides is 1. The van der Waals surface area contributed by atoms with Gasteiger partial charge < -0.3 is 14.1 Å². The predicted octanol–water partition coefficient (Wildman–Crippen LogP) is 3.95. The molecule has 2 aromatic rings. The van der Waals surface area contributed by atoms with Crippen LogP contribution in [0.3, 0.4) is 0 Å². The summed E-state index contributed by atoms with van der Waals surface area (Å²) in [5.74, 6) is 3.03. The lowest BCUT2D eigenvalue weighted by atomic mass is 9.79. The Hall–Kier alpha value is -2.30. The largest absolute Gasteiger partial charge is 0.497 e. The van der Waals surface area contributed by atoms with Crippen LogP contribution in [-0.2, 0) is 16.6 Å². The second-order valence-corrected chi connectivity index (χ2v) is 8.21. The fourth-order valence-corrected chi connectivity index (χ4v) is 4.17. The van der Waals surface area contributed by atoms with Crippen LogP contribution in [0.1, 0.15) is 56.2 Å². The zero-order chi connectivity index (χ0) is 18.9. The predicted molar refractivity (Wildman–Crippen MR) is 103 cm³/mol. The van der Waals surface area contributed by atoms with Crippen LogP contribution in [0.4, 0.5) is 0 Å². The van der Waals surface area contributed by atoms with Gasteiger partial charge in [0.1, 0.15) is 11.5 Å².